The molecule has 0 spiro atoms. The summed E-state index contributed by atoms with van der Waals surface area (Å²) < 4.78 is 234. The molecular formula is C38H22Cl2F18SiZr. The van der Waals surface area contributed by atoms with E-state index in [4.69, 9.17) is 17.0 Å². The van der Waals surface area contributed by atoms with Gasteiger partial charge in [0.2, 0.25) is 0 Å². The molecule has 0 aliphatic carbocycles. The fourth-order valence-corrected chi connectivity index (χ4v) is 5.52. The molecule has 0 aliphatic heterocycles. The van der Waals surface area contributed by atoms with Crippen LogP contribution in [0, 0.1) is 0 Å². The van der Waals surface area contributed by atoms with Crippen LogP contribution in [-0.4, -0.2) is 9.52 Å². The Morgan fingerprint density at radius 3 is 0.883 bits per heavy atom. The summed E-state index contributed by atoms with van der Waals surface area (Å²) in [5.74, 6) is 0. The summed E-state index contributed by atoms with van der Waals surface area (Å²) in [6, 6.07) is 12.4. The molecule has 0 atom stereocenters. The summed E-state index contributed by atoms with van der Waals surface area (Å²) in [4.78, 5) is 0. The van der Waals surface area contributed by atoms with Gasteiger partial charge in [-0.1, -0.05) is 36.4 Å². The van der Waals surface area contributed by atoms with Crippen LogP contribution < -0.4 is 0 Å². The minimum atomic E-state index is -5.05. The zero-order chi connectivity index (χ0) is 45.8. The molecule has 6 aromatic rings. The second kappa shape index (κ2) is 19.3. The average Bonchev–Trinajstić information content (AvgIpc) is 3.77. The van der Waals surface area contributed by atoms with Gasteiger partial charge in [0.1, 0.15) is 0 Å². The molecule has 6 aromatic carbocycles. The third-order valence-electron chi connectivity index (χ3n) is 7.95. The summed E-state index contributed by atoms with van der Waals surface area (Å²) in [5, 5.41) is -0.0499. The van der Waals surface area contributed by atoms with Crippen molar-refractivity contribution >= 4 is 48.1 Å². The van der Waals surface area contributed by atoms with E-state index in [-0.39, 0.29) is 44.8 Å². The molecule has 0 unspecified atom stereocenters. The van der Waals surface area contributed by atoms with E-state index in [1.54, 1.807) is 0 Å². The fraction of sp³-hybridized carbons (Fsp3) is 0.211. The Morgan fingerprint density at radius 2 is 0.667 bits per heavy atom. The van der Waals surface area contributed by atoms with Gasteiger partial charge < -0.3 is 0 Å². The standard InChI is InChI=1S/2C18H8F9.C2H6Si.2ClH.Zr/c2*19-16(20,21)11-5-10(6-12(7-11)17(22,23)24)14-3-1-2-9-4-13(8-15(9)14)18(25,26)27;1-3-2;;;/h2*1-8H;1-2H3;2*1H;/q2*-1;;;;+4/p-2. The van der Waals surface area contributed by atoms with Gasteiger partial charge in [-0.15, -0.1) is 57.9 Å². The van der Waals surface area contributed by atoms with Crippen LogP contribution in [0.4, 0.5) is 79.0 Å². The van der Waals surface area contributed by atoms with Gasteiger partial charge in [0, 0.05) is 9.52 Å². The maximum atomic E-state index is 13.0. The van der Waals surface area contributed by atoms with Crippen LogP contribution in [0.15, 0.2) is 97.1 Å². The van der Waals surface area contributed by atoms with Crippen molar-refractivity contribution < 1.29 is 99.9 Å². The van der Waals surface area contributed by atoms with Gasteiger partial charge in [-0.2, -0.15) is 91.2 Å². The third-order valence-corrected chi connectivity index (χ3v) is 7.95. The molecule has 6 rings (SSSR count). The third kappa shape index (κ3) is 13.3. The molecule has 322 valence electrons. The van der Waals surface area contributed by atoms with Gasteiger partial charge in [0.15, 0.2) is 0 Å². The topological polar surface area (TPSA) is 0 Å². The van der Waals surface area contributed by atoms with E-state index in [1.807, 2.05) is 0 Å². The van der Waals surface area contributed by atoms with Crippen LogP contribution in [0.3, 0.4) is 0 Å². The van der Waals surface area contributed by atoms with Gasteiger partial charge in [-0.05, 0) is 58.7 Å². The number of alkyl halides is 18. The Bertz CT molecular complexity index is 2130. The monoisotopic (exact) mass is 1010 g/mol. The van der Waals surface area contributed by atoms with E-state index in [0.717, 1.165) is 21.7 Å². The molecule has 0 heterocycles. The van der Waals surface area contributed by atoms with Gasteiger partial charge in [0.25, 0.3) is 0 Å². The minimum absolute atomic E-state index is 0.0320. The second-order valence-electron chi connectivity index (χ2n) is 12.3. The number of halogens is 20. The van der Waals surface area contributed by atoms with E-state index in [9.17, 15) is 79.0 Å². The Labute approximate surface area is 349 Å². The van der Waals surface area contributed by atoms with Crippen LogP contribution >= 0.6 is 17.0 Å². The molecule has 0 amide bonds. The molecule has 0 saturated heterocycles. The zero-order valence-electron chi connectivity index (χ0n) is 29.8. The van der Waals surface area contributed by atoms with Crippen molar-refractivity contribution in [3.05, 3.63) is 130 Å². The summed E-state index contributed by atoms with van der Waals surface area (Å²) in [7, 11) is 11.0. The predicted molar refractivity (Wildman–Crippen MR) is 189 cm³/mol. The van der Waals surface area contributed by atoms with Crippen molar-refractivity contribution in [1.82, 2.24) is 0 Å². The van der Waals surface area contributed by atoms with Crippen LogP contribution in [0.1, 0.15) is 33.4 Å². The van der Waals surface area contributed by atoms with Crippen molar-refractivity contribution in [3.8, 4) is 22.3 Å². The second-order valence-corrected chi connectivity index (χ2v) is 17.0. The van der Waals surface area contributed by atoms with E-state index in [2.05, 4.69) is 13.1 Å². The molecular weight excluding hydrogens is 989 g/mol. The van der Waals surface area contributed by atoms with Crippen molar-refractivity contribution in [1.29, 1.82) is 0 Å². The SMILES string of the molecule is C[Si]C.FC(F)(F)c1cc(-c2cccc3[cH-]c(C(F)(F)F)cc23)cc(C(F)(F)F)c1.FC(F)(F)c1cc(-c2cccc3[cH-]c(C(F)(F)F)cc23)cc(C(F)(F)F)c1.[Cl][Zr+2][Cl]. The van der Waals surface area contributed by atoms with Crippen molar-refractivity contribution in [3.63, 3.8) is 0 Å². The van der Waals surface area contributed by atoms with Crippen molar-refractivity contribution in [2.24, 2.45) is 0 Å². The summed E-state index contributed by atoms with van der Waals surface area (Å²) in [5.41, 5.74) is -9.46. The first kappa shape index (κ1) is 50.9. The molecule has 0 aromatic heterocycles. The molecule has 22 heteroatoms. The Morgan fingerprint density at radius 1 is 0.417 bits per heavy atom. The number of rotatable bonds is 2. The van der Waals surface area contributed by atoms with Crippen LogP contribution in [0.5, 0.6) is 0 Å². The van der Waals surface area contributed by atoms with Crippen molar-refractivity contribution in [2.75, 3.05) is 0 Å². The summed E-state index contributed by atoms with van der Waals surface area (Å²) in [6.07, 6.45) is -29.6. The fourth-order valence-electron chi connectivity index (χ4n) is 5.52. The normalized spacial score (nSPS) is 12.5. The van der Waals surface area contributed by atoms with Crippen LogP contribution in [-0.2, 0) is 57.9 Å². The summed E-state index contributed by atoms with van der Waals surface area (Å²) in [6.45, 7) is 4.31. The van der Waals surface area contributed by atoms with Crippen LogP contribution in [0.2, 0.25) is 13.1 Å². The number of benzene rings is 4. The van der Waals surface area contributed by atoms with E-state index in [0.29, 0.717) is 36.4 Å². The van der Waals surface area contributed by atoms with E-state index in [1.165, 1.54) is 36.4 Å². The molecule has 0 aliphatic rings. The van der Waals surface area contributed by atoms with Gasteiger partial charge in [-0.3, -0.25) is 0 Å². The average molecular weight is 1010 g/mol. The first-order chi connectivity index (χ1) is 27.4. The molecule has 0 bridgehead atoms. The quantitative estimate of drug-likeness (QED) is 0.0921. The Kier molecular flexibility index (Phi) is 16.3. The van der Waals surface area contributed by atoms with Gasteiger partial charge in [-0.25, -0.2) is 0 Å². The molecule has 0 nitrogen and oxygen atoms in total. The number of hydrogen-bond donors (Lipinski definition) is 0. The van der Waals surface area contributed by atoms with E-state index >= 15 is 0 Å². The van der Waals surface area contributed by atoms with Crippen LogP contribution in [0.25, 0.3) is 43.8 Å². The predicted octanol–water partition coefficient (Wildman–Crippen LogP) is 16.7. The molecule has 0 N–H and O–H groups in total. The Balaban J connectivity index is 0.000000283. The molecule has 0 saturated carbocycles. The number of fused-ring (bicyclic) bond motifs is 2. The molecule has 0 fully saturated rings. The van der Waals surface area contributed by atoms with Crippen molar-refractivity contribution in [2.45, 2.75) is 50.2 Å². The Hall–Kier alpha value is -3.48. The van der Waals surface area contributed by atoms with E-state index < -0.39 is 102 Å². The number of hydrogen-bond acceptors (Lipinski definition) is 0. The zero-order valence-corrected chi connectivity index (χ0v) is 34.8. The summed E-state index contributed by atoms with van der Waals surface area (Å²) >= 11 is -0.826. The molecule has 60 heavy (non-hydrogen) atoms. The van der Waals surface area contributed by atoms with Gasteiger partial charge >= 0.3 is 74.9 Å². The first-order valence-electron chi connectivity index (χ1n) is 16.0. The first-order valence-corrected chi connectivity index (χ1v) is 24.4. The molecule has 2 radical (unpaired) electrons. The maximum absolute atomic E-state index is 13.0. The van der Waals surface area contributed by atoms with Gasteiger partial charge in [0.05, 0.1) is 22.3 Å².